The van der Waals surface area contributed by atoms with Crippen LogP contribution in [0.4, 0.5) is 5.69 Å². The summed E-state index contributed by atoms with van der Waals surface area (Å²) in [4.78, 5) is 0. The monoisotopic (exact) mass is 331 g/mol. The molecule has 2 aromatic carbocycles. The van der Waals surface area contributed by atoms with Crippen molar-refractivity contribution in [3.8, 4) is 5.75 Å². The summed E-state index contributed by atoms with van der Waals surface area (Å²) in [6.45, 7) is 3.80. The molecule has 0 saturated carbocycles. The Labute approximate surface area is 143 Å². The molecule has 0 aliphatic heterocycles. The van der Waals surface area contributed by atoms with Crippen molar-refractivity contribution in [3.63, 3.8) is 0 Å². The van der Waals surface area contributed by atoms with Crippen molar-refractivity contribution < 1.29 is 18.9 Å². The SMILES string of the molecule is Nc1ccccc1OCCOCCOCCOCc1ccccc1. The molecule has 0 fully saturated rings. The van der Waals surface area contributed by atoms with Crippen LogP contribution in [-0.4, -0.2) is 39.6 Å². The summed E-state index contributed by atoms with van der Waals surface area (Å²) in [5, 5.41) is 0. The average molecular weight is 331 g/mol. The van der Waals surface area contributed by atoms with Crippen LogP contribution in [0.3, 0.4) is 0 Å². The second-order valence-corrected chi connectivity index (χ2v) is 5.15. The first-order valence-corrected chi connectivity index (χ1v) is 8.11. The fourth-order valence-corrected chi connectivity index (χ4v) is 2.03. The van der Waals surface area contributed by atoms with Gasteiger partial charge in [-0.1, -0.05) is 42.5 Å². The Balaban J connectivity index is 1.37. The van der Waals surface area contributed by atoms with Crippen LogP contribution in [0.25, 0.3) is 0 Å². The molecule has 2 rings (SSSR count). The molecule has 0 aliphatic carbocycles. The molecule has 5 heteroatoms. The van der Waals surface area contributed by atoms with Gasteiger partial charge in [-0.25, -0.2) is 0 Å². The van der Waals surface area contributed by atoms with Crippen molar-refractivity contribution in [2.75, 3.05) is 45.4 Å². The summed E-state index contributed by atoms with van der Waals surface area (Å²) >= 11 is 0. The molecule has 0 amide bonds. The van der Waals surface area contributed by atoms with Gasteiger partial charge in [0.2, 0.25) is 0 Å². The van der Waals surface area contributed by atoms with Crippen LogP contribution < -0.4 is 10.5 Å². The number of hydrogen-bond acceptors (Lipinski definition) is 5. The zero-order chi connectivity index (χ0) is 16.9. The second-order valence-electron chi connectivity index (χ2n) is 5.15. The average Bonchev–Trinajstić information content (AvgIpc) is 2.62. The molecule has 5 nitrogen and oxygen atoms in total. The minimum Gasteiger partial charge on any atom is -0.489 e. The number of rotatable bonds is 12. The molecule has 0 saturated heterocycles. The van der Waals surface area contributed by atoms with E-state index in [4.69, 9.17) is 24.7 Å². The molecule has 0 aromatic heterocycles. The highest BCUT2D eigenvalue weighted by atomic mass is 16.6. The number of nitrogens with two attached hydrogens (primary N) is 1. The molecule has 2 aromatic rings. The topological polar surface area (TPSA) is 62.9 Å². The maximum Gasteiger partial charge on any atom is 0.142 e. The lowest BCUT2D eigenvalue weighted by Gasteiger charge is -2.09. The maximum atomic E-state index is 5.78. The minimum atomic E-state index is 0.467. The van der Waals surface area contributed by atoms with Gasteiger partial charge in [0.25, 0.3) is 0 Å². The predicted octanol–water partition coefficient (Wildman–Crippen LogP) is 2.90. The van der Waals surface area contributed by atoms with E-state index in [2.05, 4.69) is 0 Å². The molecule has 0 heterocycles. The van der Waals surface area contributed by atoms with Gasteiger partial charge in [-0.05, 0) is 17.7 Å². The second kappa shape index (κ2) is 11.5. The normalized spacial score (nSPS) is 10.7. The third-order valence-corrected chi connectivity index (χ3v) is 3.26. The van der Waals surface area contributed by atoms with Gasteiger partial charge in [0.05, 0.1) is 45.3 Å². The highest BCUT2D eigenvalue weighted by molar-refractivity contribution is 5.51. The quantitative estimate of drug-likeness (QED) is 0.479. The highest BCUT2D eigenvalue weighted by Gasteiger charge is 1.98. The molecule has 0 unspecified atom stereocenters. The molecule has 0 bridgehead atoms. The van der Waals surface area contributed by atoms with Crippen LogP contribution in [0.15, 0.2) is 54.6 Å². The van der Waals surface area contributed by atoms with E-state index in [9.17, 15) is 0 Å². The standard InChI is InChI=1S/C19H25NO4/c20-18-8-4-5-9-19(18)24-15-14-22-11-10-21-12-13-23-16-17-6-2-1-3-7-17/h1-9H,10-16,20H2. The summed E-state index contributed by atoms with van der Waals surface area (Å²) < 4.78 is 21.9. The lowest BCUT2D eigenvalue weighted by Crippen LogP contribution is -2.13. The van der Waals surface area contributed by atoms with Crippen LogP contribution in [0, 0.1) is 0 Å². The number of hydrogen-bond donors (Lipinski definition) is 1. The van der Waals surface area contributed by atoms with Crippen molar-refractivity contribution in [1.82, 2.24) is 0 Å². The van der Waals surface area contributed by atoms with Crippen molar-refractivity contribution in [2.45, 2.75) is 6.61 Å². The fourth-order valence-electron chi connectivity index (χ4n) is 2.03. The number of para-hydroxylation sites is 2. The van der Waals surface area contributed by atoms with Crippen LogP contribution >= 0.6 is 0 Å². The Morgan fingerprint density at radius 2 is 1.21 bits per heavy atom. The first kappa shape index (κ1) is 18.3. The summed E-state index contributed by atoms with van der Waals surface area (Å²) in [5.74, 6) is 0.688. The largest absolute Gasteiger partial charge is 0.489 e. The third-order valence-electron chi connectivity index (χ3n) is 3.26. The van der Waals surface area contributed by atoms with Crippen molar-refractivity contribution in [3.05, 3.63) is 60.2 Å². The third kappa shape index (κ3) is 7.46. The molecular formula is C19H25NO4. The fraction of sp³-hybridized carbons (Fsp3) is 0.368. The van der Waals surface area contributed by atoms with Gasteiger partial charge in [0.15, 0.2) is 0 Å². The van der Waals surface area contributed by atoms with E-state index in [-0.39, 0.29) is 0 Å². The smallest absolute Gasteiger partial charge is 0.142 e. The summed E-state index contributed by atoms with van der Waals surface area (Å²) in [7, 11) is 0. The molecule has 130 valence electrons. The number of anilines is 1. The van der Waals surface area contributed by atoms with E-state index < -0.39 is 0 Å². The Morgan fingerprint density at radius 3 is 1.92 bits per heavy atom. The molecular weight excluding hydrogens is 306 g/mol. The Hall–Kier alpha value is -2.08. The Kier molecular flexibility index (Phi) is 8.72. The van der Waals surface area contributed by atoms with Crippen molar-refractivity contribution in [1.29, 1.82) is 0 Å². The molecule has 24 heavy (non-hydrogen) atoms. The lowest BCUT2D eigenvalue weighted by atomic mass is 10.2. The first-order chi connectivity index (χ1) is 11.9. The predicted molar refractivity (Wildman–Crippen MR) is 94.1 cm³/mol. The van der Waals surface area contributed by atoms with E-state index >= 15 is 0 Å². The maximum absolute atomic E-state index is 5.78. The van der Waals surface area contributed by atoms with E-state index in [1.54, 1.807) is 0 Å². The Bertz CT molecular complexity index is 562. The molecule has 0 aliphatic rings. The van der Waals surface area contributed by atoms with Crippen LogP contribution in [0.5, 0.6) is 5.75 Å². The molecule has 0 spiro atoms. The van der Waals surface area contributed by atoms with E-state index in [1.807, 2.05) is 54.6 Å². The highest BCUT2D eigenvalue weighted by Crippen LogP contribution is 2.19. The molecule has 0 radical (unpaired) electrons. The zero-order valence-electron chi connectivity index (χ0n) is 13.9. The van der Waals surface area contributed by atoms with Crippen molar-refractivity contribution in [2.24, 2.45) is 0 Å². The zero-order valence-corrected chi connectivity index (χ0v) is 13.9. The summed E-state index contributed by atoms with van der Waals surface area (Å²) in [6.07, 6.45) is 0. The van der Waals surface area contributed by atoms with Crippen LogP contribution in [0.1, 0.15) is 5.56 Å². The van der Waals surface area contributed by atoms with Gasteiger partial charge in [0, 0.05) is 0 Å². The number of ether oxygens (including phenoxy) is 4. The Morgan fingerprint density at radius 1 is 0.625 bits per heavy atom. The van der Waals surface area contributed by atoms with Gasteiger partial charge in [-0.3, -0.25) is 0 Å². The van der Waals surface area contributed by atoms with Gasteiger partial charge in [-0.15, -0.1) is 0 Å². The summed E-state index contributed by atoms with van der Waals surface area (Å²) in [5.41, 5.74) is 7.58. The summed E-state index contributed by atoms with van der Waals surface area (Å²) in [6, 6.07) is 17.5. The van der Waals surface area contributed by atoms with Crippen LogP contribution in [-0.2, 0) is 20.8 Å². The van der Waals surface area contributed by atoms with Gasteiger partial charge < -0.3 is 24.7 Å². The number of nitrogen functional groups attached to an aromatic ring is 1. The number of benzene rings is 2. The molecule has 2 N–H and O–H groups in total. The van der Waals surface area contributed by atoms with E-state index in [0.717, 1.165) is 0 Å². The van der Waals surface area contributed by atoms with Gasteiger partial charge in [0.1, 0.15) is 12.4 Å². The van der Waals surface area contributed by atoms with Crippen molar-refractivity contribution >= 4 is 5.69 Å². The van der Waals surface area contributed by atoms with E-state index in [0.29, 0.717) is 57.7 Å². The minimum absolute atomic E-state index is 0.467. The van der Waals surface area contributed by atoms with Crippen LogP contribution in [0.2, 0.25) is 0 Å². The van der Waals surface area contributed by atoms with Gasteiger partial charge >= 0.3 is 0 Å². The van der Waals surface area contributed by atoms with E-state index in [1.165, 1.54) is 5.56 Å². The molecule has 0 atom stereocenters. The lowest BCUT2D eigenvalue weighted by molar-refractivity contribution is 0.00601. The first-order valence-electron chi connectivity index (χ1n) is 8.11. The van der Waals surface area contributed by atoms with Gasteiger partial charge in [-0.2, -0.15) is 0 Å².